The van der Waals surface area contributed by atoms with E-state index in [1.54, 1.807) is 39.9 Å². The summed E-state index contributed by atoms with van der Waals surface area (Å²) in [6.45, 7) is 5.03. The van der Waals surface area contributed by atoms with E-state index in [1.807, 2.05) is 31.2 Å². The molecule has 0 aliphatic carbocycles. The lowest BCUT2D eigenvalue weighted by Crippen LogP contribution is -2.49. The molecule has 184 valence electrons. The van der Waals surface area contributed by atoms with Crippen molar-refractivity contribution in [2.24, 2.45) is 0 Å². The molecule has 1 saturated heterocycles. The van der Waals surface area contributed by atoms with Gasteiger partial charge in [-0.25, -0.2) is 0 Å². The molecule has 2 aromatic carbocycles. The molecule has 9 heteroatoms. The number of hydrogen-bond acceptors (Lipinski definition) is 4. The fourth-order valence-corrected chi connectivity index (χ4v) is 4.17. The van der Waals surface area contributed by atoms with Crippen LogP contribution in [0.5, 0.6) is 5.75 Å². The summed E-state index contributed by atoms with van der Waals surface area (Å²) in [6.07, 6.45) is -3.03. The van der Waals surface area contributed by atoms with Crippen molar-refractivity contribution in [3.05, 3.63) is 99.5 Å². The number of benzene rings is 2. The monoisotopic (exact) mass is 485 g/mol. The molecule has 0 saturated carbocycles. The third-order valence-electron chi connectivity index (χ3n) is 5.91. The van der Waals surface area contributed by atoms with Crippen LogP contribution in [-0.4, -0.2) is 52.8 Å². The Morgan fingerprint density at radius 3 is 2.29 bits per heavy atom. The van der Waals surface area contributed by atoms with Crippen LogP contribution < -0.4 is 10.3 Å². The van der Waals surface area contributed by atoms with E-state index >= 15 is 0 Å². The first-order chi connectivity index (χ1) is 16.7. The lowest BCUT2D eigenvalue weighted by molar-refractivity contribution is -0.274. The molecule has 0 N–H and O–H groups in total. The Morgan fingerprint density at radius 2 is 1.63 bits per heavy atom. The van der Waals surface area contributed by atoms with E-state index in [-0.39, 0.29) is 22.8 Å². The fraction of sp³-hybridized carbons (Fsp3) is 0.308. The van der Waals surface area contributed by atoms with E-state index in [4.69, 9.17) is 0 Å². The van der Waals surface area contributed by atoms with Gasteiger partial charge in [0, 0.05) is 38.9 Å². The van der Waals surface area contributed by atoms with Crippen molar-refractivity contribution in [3.8, 4) is 5.75 Å². The lowest BCUT2D eigenvalue weighted by atomic mass is 10.1. The average Bonchev–Trinajstić information content (AvgIpc) is 2.81. The average molecular weight is 486 g/mol. The number of alkyl halides is 3. The number of nitrogens with zero attached hydrogens (tertiary/aromatic N) is 3. The fourth-order valence-electron chi connectivity index (χ4n) is 4.17. The van der Waals surface area contributed by atoms with Gasteiger partial charge in [0.25, 0.3) is 11.5 Å². The molecule has 0 atom stereocenters. The van der Waals surface area contributed by atoms with E-state index in [0.29, 0.717) is 39.3 Å². The zero-order valence-electron chi connectivity index (χ0n) is 19.3. The van der Waals surface area contributed by atoms with Crippen LogP contribution in [-0.2, 0) is 13.1 Å². The molecule has 0 radical (unpaired) electrons. The Labute approximate surface area is 201 Å². The van der Waals surface area contributed by atoms with E-state index in [1.165, 1.54) is 12.1 Å². The van der Waals surface area contributed by atoms with Crippen LogP contribution in [0.1, 0.15) is 27.0 Å². The summed E-state index contributed by atoms with van der Waals surface area (Å²) in [7, 11) is 0. The molecule has 1 aliphatic rings. The van der Waals surface area contributed by atoms with Crippen molar-refractivity contribution in [1.82, 2.24) is 14.4 Å². The van der Waals surface area contributed by atoms with Crippen molar-refractivity contribution in [2.45, 2.75) is 26.4 Å². The molecular formula is C26H26F3N3O3. The van der Waals surface area contributed by atoms with Crippen molar-refractivity contribution in [1.29, 1.82) is 0 Å². The molecule has 6 nitrogen and oxygen atoms in total. The number of pyridine rings is 1. The summed E-state index contributed by atoms with van der Waals surface area (Å²) < 4.78 is 42.4. The number of halogens is 3. The van der Waals surface area contributed by atoms with E-state index in [2.05, 4.69) is 9.64 Å². The van der Waals surface area contributed by atoms with Crippen molar-refractivity contribution < 1.29 is 22.7 Å². The zero-order chi connectivity index (χ0) is 25.0. The minimum atomic E-state index is -4.72. The standard InChI is InChI=1S/C26H26F3N3O3/c1-19-4-2-5-21(16-19)18-32-11-3-6-23(25(32)34)24(33)31-14-12-30(13-15-31)17-20-7-9-22(10-8-20)35-26(27,28)29/h2-11,16H,12-15,17-18H2,1H3. The highest BCUT2D eigenvalue weighted by Gasteiger charge is 2.31. The van der Waals surface area contributed by atoms with Crippen LogP contribution in [0.3, 0.4) is 0 Å². The van der Waals surface area contributed by atoms with Gasteiger partial charge in [-0.15, -0.1) is 13.2 Å². The third-order valence-corrected chi connectivity index (χ3v) is 5.91. The van der Waals surface area contributed by atoms with Crippen LogP contribution in [0.4, 0.5) is 13.2 Å². The Balaban J connectivity index is 1.35. The molecule has 0 spiro atoms. The summed E-state index contributed by atoms with van der Waals surface area (Å²) in [5.74, 6) is -0.547. The summed E-state index contributed by atoms with van der Waals surface area (Å²) in [5.41, 5.74) is 2.77. The largest absolute Gasteiger partial charge is 0.573 e. The normalized spacial score (nSPS) is 14.7. The summed E-state index contributed by atoms with van der Waals surface area (Å²) in [5, 5.41) is 0. The lowest BCUT2D eigenvalue weighted by Gasteiger charge is -2.34. The quantitative estimate of drug-likeness (QED) is 0.529. The molecule has 1 fully saturated rings. The minimum Gasteiger partial charge on any atom is -0.406 e. The van der Waals surface area contributed by atoms with Crippen LogP contribution in [0, 0.1) is 6.92 Å². The molecule has 1 amide bonds. The maximum Gasteiger partial charge on any atom is 0.573 e. The highest BCUT2D eigenvalue weighted by atomic mass is 19.4. The Hall–Kier alpha value is -3.59. The van der Waals surface area contributed by atoms with E-state index in [0.717, 1.165) is 16.7 Å². The number of carbonyl (C=O) groups is 1. The predicted molar refractivity (Wildman–Crippen MR) is 125 cm³/mol. The number of amides is 1. The van der Waals surface area contributed by atoms with Gasteiger partial charge in [-0.1, -0.05) is 42.0 Å². The highest BCUT2D eigenvalue weighted by Crippen LogP contribution is 2.23. The maximum atomic E-state index is 13.1. The summed E-state index contributed by atoms with van der Waals surface area (Å²) >= 11 is 0. The van der Waals surface area contributed by atoms with Gasteiger partial charge >= 0.3 is 6.36 Å². The van der Waals surface area contributed by atoms with E-state index in [9.17, 15) is 22.8 Å². The van der Waals surface area contributed by atoms with Crippen LogP contribution in [0.25, 0.3) is 0 Å². The number of rotatable bonds is 6. The third kappa shape index (κ3) is 6.51. The Kier molecular flexibility index (Phi) is 7.25. The number of piperazine rings is 1. The second-order valence-corrected chi connectivity index (χ2v) is 8.60. The van der Waals surface area contributed by atoms with Gasteiger partial charge in [0.1, 0.15) is 11.3 Å². The van der Waals surface area contributed by atoms with Crippen molar-refractivity contribution in [2.75, 3.05) is 26.2 Å². The van der Waals surface area contributed by atoms with Crippen LogP contribution >= 0.6 is 0 Å². The molecule has 35 heavy (non-hydrogen) atoms. The Morgan fingerprint density at radius 1 is 0.914 bits per heavy atom. The molecular weight excluding hydrogens is 459 g/mol. The van der Waals surface area contributed by atoms with Gasteiger partial charge in [0.2, 0.25) is 0 Å². The molecule has 0 unspecified atom stereocenters. The van der Waals surface area contributed by atoms with Gasteiger partial charge < -0.3 is 14.2 Å². The van der Waals surface area contributed by atoms with Crippen molar-refractivity contribution in [3.63, 3.8) is 0 Å². The topological polar surface area (TPSA) is 54.8 Å². The second-order valence-electron chi connectivity index (χ2n) is 8.60. The predicted octanol–water partition coefficient (Wildman–Crippen LogP) is 4.06. The molecule has 3 aromatic rings. The SMILES string of the molecule is Cc1cccc(Cn2cccc(C(=O)N3CCN(Cc4ccc(OC(F)(F)F)cc4)CC3)c2=O)c1. The minimum absolute atomic E-state index is 0.147. The highest BCUT2D eigenvalue weighted by molar-refractivity contribution is 5.93. The van der Waals surface area contributed by atoms with Gasteiger partial charge in [-0.3, -0.25) is 14.5 Å². The van der Waals surface area contributed by atoms with Gasteiger partial charge in [0.15, 0.2) is 0 Å². The first kappa shape index (κ1) is 24.5. The van der Waals surface area contributed by atoms with Crippen LogP contribution in [0.2, 0.25) is 0 Å². The smallest absolute Gasteiger partial charge is 0.406 e. The molecule has 1 aromatic heterocycles. The number of aromatic nitrogens is 1. The zero-order valence-corrected chi connectivity index (χ0v) is 19.3. The maximum absolute atomic E-state index is 13.1. The van der Waals surface area contributed by atoms with Crippen molar-refractivity contribution >= 4 is 5.91 Å². The number of aryl methyl sites for hydroxylation is 1. The van der Waals surface area contributed by atoms with Gasteiger partial charge in [0.05, 0.1) is 6.54 Å². The van der Waals surface area contributed by atoms with E-state index < -0.39 is 6.36 Å². The summed E-state index contributed by atoms with van der Waals surface area (Å²) in [4.78, 5) is 29.9. The van der Waals surface area contributed by atoms with Gasteiger partial charge in [-0.2, -0.15) is 0 Å². The first-order valence-electron chi connectivity index (χ1n) is 11.3. The molecule has 4 rings (SSSR count). The second kappa shape index (κ2) is 10.4. The van der Waals surface area contributed by atoms with Crippen LogP contribution in [0.15, 0.2) is 71.7 Å². The number of ether oxygens (including phenoxy) is 1. The molecule has 1 aliphatic heterocycles. The first-order valence-corrected chi connectivity index (χ1v) is 11.3. The molecule has 2 heterocycles. The number of hydrogen-bond donors (Lipinski definition) is 0. The number of carbonyl (C=O) groups excluding carboxylic acids is 1. The Bertz CT molecular complexity index is 1230. The molecule has 0 bridgehead atoms. The van der Waals surface area contributed by atoms with Gasteiger partial charge in [-0.05, 0) is 42.3 Å². The summed E-state index contributed by atoms with van der Waals surface area (Å²) in [6, 6.07) is 16.9.